The molecule has 0 fully saturated rings. The van der Waals surface area contributed by atoms with Gasteiger partial charge in [-0.15, -0.1) is 0 Å². The topological polar surface area (TPSA) is 33.7 Å². The van der Waals surface area contributed by atoms with Crippen molar-refractivity contribution in [1.29, 1.82) is 0 Å². The molecule has 22 heavy (non-hydrogen) atoms. The Morgan fingerprint density at radius 2 is 1.82 bits per heavy atom. The summed E-state index contributed by atoms with van der Waals surface area (Å²) in [6, 6.07) is 16.9. The molecule has 1 aliphatic heterocycles. The number of methoxy groups -OCH3 is 2. The third-order valence-corrected chi connectivity index (χ3v) is 4.04. The van der Waals surface area contributed by atoms with Crippen LogP contribution in [0.5, 0.6) is 0 Å². The Morgan fingerprint density at radius 1 is 1.05 bits per heavy atom. The maximum atomic E-state index is 5.32. The molecule has 3 rings (SSSR count). The van der Waals surface area contributed by atoms with Crippen molar-refractivity contribution in [2.24, 2.45) is 0 Å². The first-order chi connectivity index (χ1) is 10.8. The van der Waals surface area contributed by atoms with Gasteiger partial charge in [-0.3, -0.25) is 0 Å². The van der Waals surface area contributed by atoms with Gasteiger partial charge in [0.1, 0.15) is 0 Å². The number of anilines is 2. The molecule has 2 aromatic carbocycles. The molecule has 1 heterocycles. The molecule has 2 aromatic rings. The molecule has 0 aromatic heterocycles. The van der Waals surface area contributed by atoms with Crippen molar-refractivity contribution in [2.75, 3.05) is 31.1 Å². The van der Waals surface area contributed by atoms with E-state index in [1.54, 1.807) is 14.2 Å². The first-order valence-corrected chi connectivity index (χ1v) is 7.52. The molecule has 0 bridgehead atoms. The van der Waals surface area contributed by atoms with Crippen LogP contribution in [0, 0.1) is 0 Å². The quantitative estimate of drug-likeness (QED) is 0.830. The Bertz CT molecular complexity index is 612. The second kappa shape index (κ2) is 6.81. The smallest absolute Gasteiger partial charge is 0.160 e. The van der Waals surface area contributed by atoms with Crippen LogP contribution in [0.1, 0.15) is 11.1 Å². The van der Waals surface area contributed by atoms with Crippen LogP contribution >= 0.6 is 0 Å². The van der Waals surface area contributed by atoms with E-state index in [4.69, 9.17) is 9.47 Å². The number of hydrogen-bond donors (Lipinski definition) is 1. The van der Waals surface area contributed by atoms with E-state index in [-0.39, 0.29) is 6.29 Å². The van der Waals surface area contributed by atoms with Crippen LogP contribution in [0.15, 0.2) is 48.5 Å². The average Bonchev–Trinajstić information content (AvgIpc) is 2.97. The highest BCUT2D eigenvalue weighted by atomic mass is 16.7. The summed E-state index contributed by atoms with van der Waals surface area (Å²) in [6.07, 6.45) is 0.527. The van der Waals surface area contributed by atoms with Crippen molar-refractivity contribution in [3.63, 3.8) is 0 Å². The first kappa shape index (κ1) is 14.9. The van der Waals surface area contributed by atoms with Gasteiger partial charge in [0.15, 0.2) is 6.29 Å². The number of hydrogen-bond acceptors (Lipinski definition) is 4. The van der Waals surface area contributed by atoms with Gasteiger partial charge in [-0.25, -0.2) is 0 Å². The van der Waals surface area contributed by atoms with E-state index < -0.39 is 0 Å². The predicted octanol–water partition coefficient (Wildman–Crippen LogP) is 3.24. The summed E-state index contributed by atoms with van der Waals surface area (Å²) < 4.78 is 10.6. The van der Waals surface area contributed by atoms with Crippen LogP contribution in [-0.4, -0.2) is 27.2 Å². The van der Waals surface area contributed by atoms with E-state index in [0.29, 0.717) is 0 Å². The second-order valence-electron chi connectivity index (χ2n) is 5.43. The van der Waals surface area contributed by atoms with Crippen LogP contribution < -0.4 is 10.2 Å². The molecular formula is C18H22N2O2. The highest BCUT2D eigenvalue weighted by Gasteiger charge is 2.22. The Labute approximate surface area is 131 Å². The lowest BCUT2D eigenvalue weighted by Crippen LogP contribution is -2.21. The van der Waals surface area contributed by atoms with Gasteiger partial charge in [0.25, 0.3) is 0 Å². The normalized spacial score (nSPS) is 13.3. The van der Waals surface area contributed by atoms with Crippen molar-refractivity contribution >= 4 is 11.4 Å². The lowest BCUT2D eigenvalue weighted by molar-refractivity contribution is -0.100. The van der Waals surface area contributed by atoms with E-state index in [9.17, 15) is 0 Å². The summed E-state index contributed by atoms with van der Waals surface area (Å²) in [5.74, 6) is 0. The van der Waals surface area contributed by atoms with Crippen LogP contribution in [-0.2, 0) is 22.4 Å². The number of nitrogens with zero attached hydrogens (tertiary/aromatic N) is 1. The van der Waals surface area contributed by atoms with Gasteiger partial charge in [0.05, 0.1) is 18.0 Å². The molecular weight excluding hydrogens is 276 g/mol. The maximum absolute atomic E-state index is 5.32. The van der Waals surface area contributed by atoms with Crippen LogP contribution in [0.25, 0.3) is 0 Å². The zero-order valence-corrected chi connectivity index (χ0v) is 13.1. The highest BCUT2D eigenvalue weighted by molar-refractivity contribution is 5.78. The van der Waals surface area contributed by atoms with Crippen LogP contribution in [0.3, 0.4) is 0 Å². The van der Waals surface area contributed by atoms with Gasteiger partial charge < -0.3 is 19.7 Å². The first-order valence-electron chi connectivity index (χ1n) is 7.52. The molecule has 0 aliphatic carbocycles. The summed E-state index contributed by atoms with van der Waals surface area (Å²) in [5.41, 5.74) is 4.97. The molecule has 116 valence electrons. The minimum atomic E-state index is -0.212. The fraction of sp³-hybridized carbons (Fsp3) is 0.333. The fourth-order valence-corrected chi connectivity index (χ4v) is 2.87. The Morgan fingerprint density at radius 3 is 2.55 bits per heavy atom. The molecule has 4 heteroatoms. The SMILES string of the molecule is COC(Cc1cccc2c1NCN2Cc1ccccc1)OC. The Hall–Kier alpha value is -2.04. The second-order valence-corrected chi connectivity index (χ2v) is 5.43. The third-order valence-electron chi connectivity index (χ3n) is 4.04. The maximum Gasteiger partial charge on any atom is 0.160 e. The summed E-state index contributed by atoms with van der Waals surface area (Å²) in [7, 11) is 3.35. The largest absolute Gasteiger partial charge is 0.366 e. The monoisotopic (exact) mass is 298 g/mol. The number of benzene rings is 2. The molecule has 0 saturated heterocycles. The fourth-order valence-electron chi connectivity index (χ4n) is 2.87. The summed E-state index contributed by atoms with van der Waals surface area (Å²) in [4.78, 5) is 2.35. The van der Waals surface area contributed by atoms with Gasteiger partial charge >= 0.3 is 0 Å². The molecule has 0 atom stereocenters. The van der Waals surface area contributed by atoms with Gasteiger partial charge in [-0.2, -0.15) is 0 Å². The minimum Gasteiger partial charge on any atom is -0.366 e. The Kier molecular flexibility index (Phi) is 4.61. The molecule has 0 spiro atoms. The Balaban J connectivity index is 1.80. The van der Waals surface area contributed by atoms with Crippen molar-refractivity contribution in [3.8, 4) is 0 Å². The number of para-hydroxylation sites is 1. The average molecular weight is 298 g/mol. The molecule has 4 nitrogen and oxygen atoms in total. The molecule has 0 unspecified atom stereocenters. The lowest BCUT2D eigenvalue weighted by atomic mass is 10.1. The molecule has 0 saturated carbocycles. The summed E-state index contributed by atoms with van der Waals surface area (Å²) >= 11 is 0. The van der Waals surface area contributed by atoms with Gasteiger partial charge in [0.2, 0.25) is 0 Å². The third kappa shape index (κ3) is 3.08. The van der Waals surface area contributed by atoms with Crippen LogP contribution in [0.2, 0.25) is 0 Å². The number of ether oxygens (including phenoxy) is 2. The summed E-state index contributed by atoms with van der Waals surface area (Å²) in [6.45, 7) is 1.73. The molecule has 0 radical (unpaired) electrons. The number of rotatable bonds is 6. The lowest BCUT2D eigenvalue weighted by Gasteiger charge is -2.19. The van der Waals surface area contributed by atoms with Gasteiger partial charge in [-0.05, 0) is 17.2 Å². The van der Waals surface area contributed by atoms with Crippen LogP contribution in [0.4, 0.5) is 11.4 Å². The standard InChI is InChI=1S/C18H22N2O2/c1-21-17(22-2)11-15-9-6-10-16-18(15)19-13-20(16)12-14-7-4-3-5-8-14/h3-10,17,19H,11-13H2,1-2H3. The van der Waals surface area contributed by atoms with Crippen molar-refractivity contribution in [1.82, 2.24) is 0 Å². The van der Waals surface area contributed by atoms with Gasteiger partial charge in [-0.1, -0.05) is 42.5 Å². The van der Waals surface area contributed by atoms with E-state index in [1.807, 2.05) is 6.07 Å². The van der Waals surface area contributed by atoms with E-state index in [1.165, 1.54) is 22.5 Å². The summed E-state index contributed by atoms with van der Waals surface area (Å²) in [5, 5.41) is 3.51. The van der Waals surface area contributed by atoms with Crippen molar-refractivity contribution in [2.45, 2.75) is 19.3 Å². The van der Waals surface area contributed by atoms with Crippen molar-refractivity contribution in [3.05, 3.63) is 59.7 Å². The highest BCUT2D eigenvalue weighted by Crippen LogP contribution is 2.36. The predicted molar refractivity (Wildman–Crippen MR) is 89.1 cm³/mol. The zero-order valence-electron chi connectivity index (χ0n) is 13.1. The van der Waals surface area contributed by atoms with Gasteiger partial charge in [0, 0.05) is 27.2 Å². The number of nitrogens with one attached hydrogen (secondary N) is 1. The minimum absolute atomic E-state index is 0.212. The molecule has 1 aliphatic rings. The number of fused-ring (bicyclic) bond motifs is 1. The molecule has 1 N–H and O–H groups in total. The van der Waals surface area contributed by atoms with Crippen molar-refractivity contribution < 1.29 is 9.47 Å². The zero-order chi connectivity index (χ0) is 15.4. The van der Waals surface area contributed by atoms with E-state index in [0.717, 1.165) is 19.6 Å². The van der Waals surface area contributed by atoms with E-state index in [2.05, 4.69) is 52.7 Å². The molecule has 0 amide bonds. The van der Waals surface area contributed by atoms with E-state index >= 15 is 0 Å².